The van der Waals surface area contributed by atoms with Gasteiger partial charge >= 0.3 is 0 Å². The van der Waals surface area contributed by atoms with E-state index in [1.54, 1.807) is 23.6 Å². The highest BCUT2D eigenvalue weighted by molar-refractivity contribution is 7.11. The Morgan fingerprint density at radius 2 is 2.38 bits per heavy atom. The van der Waals surface area contributed by atoms with Gasteiger partial charge in [-0.25, -0.2) is 4.98 Å². The average Bonchev–Trinajstić information content (AvgIpc) is 2.89. The summed E-state index contributed by atoms with van der Waals surface area (Å²) in [6.45, 7) is 4.68. The van der Waals surface area contributed by atoms with Crippen molar-refractivity contribution in [1.29, 1.82) is 0 Å². The summed E-state index contributed by atoms with van der Waals surface area (Å²) in [5, 5.41) is 3.84. The van der Waals surface area contributed by atoms with Gasteiger partial charge < -0.3 is 9.73 Å². The van der Waals surface area contributed by atoms with Gasteiger partial charge in [-0.1, -0.05) is 6.92 Å². The van der Waals surface area contributed by atoms with Crippen molar-refractivity contribution in [2.24, 2.45) is 5.92 Å². The van der Waals surface area contributed by atoms with Gasteiger partial charge in [0.1, 0.15) is 11.5 Å². The van der Waals surface area contributed by atoms with Crippen LogP contribution in [0.4, 0.5) is 0 Å². The number of thiazole rings is 1. The Bertz CT molecular complexity index is 671. The number of carbonyl (C=O) groups is 1. The molecule has 0 aromatic carbocycles. The molecule has 2 heterocycles. The van der Waals surface area contributed by atoms with E-state index in [1.807, 2.05) is 19.1 Å². The Hall–Kier alpha value is -1.88. The summed E-state index contributed by atoms with van der Waals surface area (Å²) >= 11 is 1.59. The predicted molar refractivity (Wildman–Crippen MR) is 83.0 cm³/mol. The number of hydrogen-bond acceptors (Lipinski definition) is 4. The summed E-state index contributed by atoms with van der Waals surface area (Å²) in [6, 6.07) is 3.92. The van der Waals surface area contributed by atoms with Gasteiger partial charge in [-0.3, -0.25) is 4.79 Å². The number of rotatable bonds is 5. The highest BCUT2D eigenvalue weighted by Crippen LogP contribution is 2.47. The predicted octanol–water partition coefficient (Wildman–Crippen LogP) is 3.50. The Labute approximate surface area is 127 Å². The molecule has 1 fully saturated rings. The first-order valence-corrected chi connectivity index (χ1v) is 7.90. The second kappa shape index (κ2) is 5.85. The highest BCUT2D eigenvalue weighted by Gasteiger charge is 2.36. The lowest BCUT2D eigenvalue weighted by atomic mass is 10.3. The molecule has 0 saturated heterocycles. The van der Waals surface area contributed by atoms with Crippen molar-refractivity contribution in [3.8, 4) is 0 Å². The van der Waals surface area contributed by atoms with Crippen LogP contribution >= 0.6 is 11.3 Å². The summed E-state index contributed by atoms with van der Waals surface area (Å²) in [5.41, 5.74) is 0. The molecule has 21 heavy (non-hydrogen) atoms. The molecular formula is C16H18N2O2S. The largest absolute Gasteiger partial charge is 0.461 e. The van der Waals surface area contributed by atoms with Gasteiger partial charge in [-0.15, -0.1) is 11.3 Å². The summed E-state index contributed by atoms with van der Waals surface area (Å²) in [4.78, 5) is 17.0. The van der Waals surface area contributed by atoms with Crippen LogP contribution in [0, 0.1) is 12.8 Å². The fourth-order valence-corrected chi connectivity index (χ4v) is 2.99. The molecule has 0 aliphatic heterocycles. The van der Waals surface area contributed by atoms with Crippen LogP contribution in [0.5, 0.6) is 0 Å². The zero-order valence-corrected chi connectivity index (χ0v) is 12.9. The monoisotopic (exact) mass is 302 g/mol. The maximum atomic E-state index is 11.7. The lowest BCUT2D eigenvalue weighted by Gasteiger charge is -1.97. The fraction of sp³-hybridized carbons (Fsp3) is 0.375. The maximum absolute atomic E-state index is 11.7. The van der Waals surface area contributed by atoms with Crippen LogP contribution in [-0.4, -0.2) is 10.9 Å². The Morgan fingerprint density at radius 3 is 3.05 bits per heavy atom. The van der Waals surface area contributed by atoms with E-state index in [9.17, 15) is 4.79 Å². The second-order valence-corrected chi connectivity index (χ2v) is 6.78. The molecule has 0 radical (unpaired) electrons. The Balaban J connectivity index is 1.50. The van der Waals surface area contributed by atoms with Crippen LogP contribution in [0.2, 0.25) is 0 Å². The number of aryl methyl sites for hydroxylation is 1. The van der Waals surface area contributed by atoms with Crippen LogP contribution in [0.15, 0.2) is 28.8 Å². The zero-order valence-electron chi connectivity index (χ0n) is 12.1. The number of aromatic nitrogens is 1. The Kier molecular flexibility index (Phi) is 3.92. The first-order chi connectivity index (χ1) is 10.1. The van der Waals surface area contributed by atoms with E-state index in [2.05, 4.69) is 17.2 Å². The van der Waals surface area contributed by atoms with E-state index in [0.29, 0.717) is 12.5 Å². The summed E-state index contributed by atoms with van der Waals surface area (Å²) in [5.74, 6) is 2.92. The summed E-state index contributed by atoms with van der Waals surface area (Å²) in [6.07, 6.45) is 6.21. The smallest absolute Gasteiger partial charge is 0.244 e. The average molecular weight is 302 g/mol. The number of amides is 1. The first kappa shape index (κ1) is 14.1. The van der Waals surface area contributed by atoms with Crippen molar-refractivity contribution in [2.45, 2.75) is 32.7 Å². The van der Waals surface area contributed by atoms with Gasteiger partial charge in [-0.05, 0) is 37.5 Å². The lowest BCUT2D eigenvalue weighted by Crippen LogP contribution is -2.19. The lowest BCUT2D eigenvalue weighted by molar-refractivity contribution is -0.116. The molecule has 0 spiro atoms. The standard InChI is InChI=1S/C16H18N2O2S/c1-10-7-14(10)15-5-3-12(20-15)4-6-16(19)18-9-13-8-17-11(2)21-13/h3-6,8,10,14H,7,9H2,1-2H3,(H,18,19). The van der Waals surface area contributed by atoms with E-state index >= 15 is 0 Å². The maximum Gasteiger partial charge on any atom is 0.244 e. The number of furan rings is 1. The molecule has 2 atom stereocenters. The van der Waals surface area contributed by atoms with Gasteiger partial charge in [0.25, 0.3) is 0 Å². The molecule has 0 bridgehead atoms. The number of carbonyl (C=O) groups excluding carboxylic acids is 1. The van der Waals surface area contributed by atoms with Crippen LogP contribution in [0.3, 0.4) is 0 Å². The number of hydrogen-bond donors (Lipinski definition) is 1. The minimum atomic E-state index is -0.126. The molecule has 4 nitrogen and oxygen atoms in total. The second-order valence-electron chi connectivity index (χ2n) is 5.46. The summed E-state index contributed by atoms with van der Waals surface area (Å²) in [7, 11) is 0. The zero-order chi connectivity index (χ0) is 14.8. The fourth-order valence-electron chi connectivity index (χ4n) is 2.25. The van der Waals surface area contributed by atoms with Gasteiger partial charge in [0.15, 0.2) is 0 Å². The molecule has 2 unspecified atom stereocenters. The molecule has 5 heteroatoms. The molecule has 1 aliphatic rings. The molecular weight excluding hydrogens is 284 g/mol. The molecule has 1 saturated carbocycles. The van der Waals surface area contributed by atoms with Crippen molar-refractivity contribution in [3.63, 3.8) is 0 Å². The van der Waals surface area contributed by atoms with Crippen molar-refractivity contribution in [2.75, 3.05) is 0 Å². The molecule has 1 amide bonds. The van der Waals surface area contributed by atoms with Gasteiger partial charge in [0.05, 0.1) is 11.6 Å². The van der Waals surface area contributed by atoms with E-state index in [0.717, 1.165) is 27.3 Å². The van der Waals surface area contributed by atoms with Crippen LogP contribution in [0.25, 0.3) is 6.08 Å². The van der Waals surface area contributed by atoms with Crippen molar-refractivity contribution >= 4 is 23.3 Å². The topological polar surface area (TPSA) is 55.1 Å². The third-order valence-corrected chi connectivity index (χ3v) is 4.54. The molecule has 1 aliphatic carbocycles. The minimum absolute atomic E-state index is 0.126. The van der Waals surface area contributed by atoms with E-state index in [1.165, 1.54) is 12.5 Å². The van der Waals surface area contributed by atoms with Gasteiger partial charge in [0, 0.05) is 23.1 Å². The van der Waals surface area contributed by atoms with E-state index < -0.39 is 0 Å². The van der Waals surface area contributed by atoms with E-state index in [-0.39, 0.29) is 5.91 Å². The quantitative estimate of drug-likeness (QED) is 0.860. The first-order valence-electron chi connectivity index (χ1n) is 7.09. The highest BCUT2D eigenvalue weighted by atomic mass is 32.1. The Morgan fingerprint density at radius 1 is 1.57 bits per heavy atom. The van der Waals surface area contributed by atoms with Crippen LogP contribution in [-0.2, 0) is 11.3 Å². The van der Waals surface area contributed by atoms with E-state index in [4.69, 9.17) is 4.42 Å². The summed E-state index contributed by atoms with van der Waals surface area (Å²) < 4.78 is 5.72. The SMILES string of the molecule is Cc1ncc(CNC(=O)C=Cc2ccc(C3CC3C)o2)s1. The van der Waals surface area contributed by atoms with Crippen LogP contribution < -0.4 is 5.32 Å². The van der Waals surface area contributed by atoms with Crippen LogP contribution in [0.1, 0.15) is 40.7 Å². The molecule has 1 N–H and O–H groups in total. The number of nitrogens with one attached hydrogen (secondary N) is 1. The normalized spacial score (nSPS) is 20.9. The third kappa shape index (κ3) is 3.61. The molecule has 2 aromatic rings. The minimum Gasteiger partial charge on any atom is -0.461 e. The van der Waals surface area contributed by atoms with Gasteiger partial charge in [0.2, 0.25) is 5.91 Å². The third-order valence-electron chi connectivity index (χ3n) is 3.63. The molecule has 110 valence electrons. The van der Waals surface area contributed by atoms with Gasteiger partial charge in [-0.2, -0.15) is 0 Å². The van der Waals surface area contributed by atoms with Crippen molar-refractivity contribution < 1.29 is 9.21 Å². The molecule has 2 aromatic heterocycles. The van der Waals surface area contributed by atoms with Crippen molar-refractivity contribution in [3.05, 3.63) is 45.8 Å². The van der Waals surface area contributed by atoms with Crippen molar-refractivity contribution in [1.82, 2.24) is 10.3 Å². The number of nitrogens with zero attached hydrogens (tertiary/aromatic N) is 1. The molecule has 3 rings (SSSR count).